The smallest absolute Gasteiger partial charge is 0.338 e. The zero-order chi connectivity index (χ0) is 51.2. The van der Waals surface area contributed by atoms with Crippen molar-refractivity contribution in [1.29, 1.82) is 0 Å². The van der Waals surface area contributed by atoms with Gasteiger partial charge in [-0.05, 0) is 145 Å². The van der Waals surface area contributed by atoms with Crippen LogP contribution >= 0.6 is 0 Å². The van der Waals surface area contributed by atoms with Crippen molar-refractivity contribution in [3.63, 3.8) is 0 Å². The molecule has 0 saturated heterocycles. The minimum atomic E-state index is -0.0799. The van der Waals surface area contributed by atoms with Crippen molar-refractivity contribution >= 4 is 56.9 Å². The van der Waals surface area contributed by atoms with E-state index in [0.717, 1.165) is 45.1 Å². The van der Waals surface area contributed by atoms with Gasteiger partial charge in [0.2, 0.25) is 0 Å². The van der Waals surface area contributed by atoms with E-state index in [1.165, 1.54) is 61.2 Å². The van der Waals surface area contributed by atoms with E-state index in [2.05, 4.69) is 278 Å². The minimum absolute atomic E-state index is 0.000279. The molecular formula is C66H68BN5O. The Morgan fingerprint density at radius 1 is 0.521 bits per heavy atom. The minimum Gasteiger partial charge on any atom is -0.457 e. The molecule has 0 fully saturated rings. The van der Waals surface area contributed by atoms with Gasteiger partial charge in [-0.1, -0.05) is 168 Å². The first kappa shape index (κ1) is 47.8. The molecule has 0 aliphatic carbocycles. The third kappa shape index (κ3) is 8.87. The fourth-order valence-corrected chi connectivity index (χ4v) is 10.9. The summed E-state index contributed by atoms with van der Waals surface area (Å²) in [5.74, 6) is 4.93. The van der Waals surface area contributed by atoms with Crippen molar-refractivity contribution in [2.75, 3.05) is 16.5 Å². The summed E-state index contributed by atoms with van der Waals surface area (Å²) in [7, 11) is 0. The van der Waals surface area contributed by atoms with Gasteiger partial charge in [-0.2, -0.15) is 0 Å². The molecule has 0 N–H and O–H groups in total. The van der Waals surface area contributed by atoms with Gasteiger partial charge in [0.25, 0.3) is 0 Å². The maximum atomic E-state index is 6.87. The van der Waals surface area contributed by atoms with E-state index in [0.29, 0.717) is 6.67 Å². The summed E-state index contributed by atoms with van der Waals surface area (Å²) >= 11 is 0. The summed E-state index contributed by atoms with van der Waals surface area (Å²) in [6, 6.07) is 53.0. The van der Waals surface area contributed by atoms with Crippen molar-refractivity contribution in [2.24, 2.45) is 0 Å². The van der Waals surface area contributed by atoms with Gasteiger partial charge in [-0.3, -0.25) is 4.57 Å². The van der Waals surface area contributed by atoms with Gasteiger partial charge in [0.05, 0.1) is 29.1 Å². The molecule has 0 spiro atoms. The predicted molar refractivity (Wildman–Crippen MR) is 309 cm³/mol. The van der Waals surface area contributed by atoms with Crippen molar-refractivity contribution in [1.82, 2.24) is 14.4 Å². The van der Waals surface area contributed by atoms with E-state index in [1.54, 1.807) is 0 Å². The van der Waals surface area contributed by atoms with Crippen LogP contribution in [-0.4, -0.2) is 27.9 Å². The number of benzene rings is 6. The molecule has 3 aliphatic heterocycles. The average molecular weight is 958 g/mol. The van der Waals surface area contributed by atoms with Crippen molar-refractivity contribution in [3.8, 4) is 17.3 Å². The third-order valence-electron chi connectivity index (χ3n) is 15.0. The van der Waals surface area contributed by atoms with E-state index in [-0.39, 0.29) is 28.5 Å². The zero-order valence-electron chi connectivity index (χ0n) is 44.7. The first-order valence-electron chi connectivity index (χ1n) is 26.0. The predicted octanol–water partition coefficient (Wildman–Crippen LogP) is 17.0. The summed E-state index contributed by atoms with van der Waals surface area (Å²) in [4.78, 5) is 12.3. The lowest BCUT2D eigenvalue weighted by molar-refractivity contribution is 0.483. The van der Waals surface area contributed by atoms with E-state index >= 15 is 0 Å². The number of ether oxygens (including phenoxy) is 1. The molecule has 0 unspecified atom stereocenters. The fourth-order valence-electron chi connectivity index (χ4n) is 10.9. The molecule has 2 aromatic heterocycles. The molecule has 3 aliphatic rings. The molecular weight excluding hydrogens is 890 g/mol. The van der Waals surface area contributed by atoms with Crippen molar-refractivity contribution in [2.45, 2.75) is 105 Å². The molecule has 0 bridgehead atoms. The van der Waals surface area contributed by atoms with E-state index in [1.807, 2.05) is 6.20 Å². The van der Waals surface area contributed by atoms with Crippen LogP contribution in [0.1, 0.15) is 116 Å². The molecule has 0 atom stereocenters. The van der Waals surface area contributed by atoms with Crippen LogP contribution in [0, 0.1) is 0 Å². The Morgan fingerprint density at radius 3 is 1.89 bits per heavy atom. The largest absolute Gasteiger partial charge is 0.457 e. The third-order valence-corrected chi connectivity index (χ3v) is 15.0. The van der Waals surface area contributed by atoms with Gasteiger partial charge in [-0.25, -0.2) is 4.98 Å². The Balaban J connectivity index is 1.00. The van der Waals surface area contributed by atoms with E-state index in [9.17, 15) is 0 Å². The maximum Gasteiger partial charge on any atom is 0.338 e. The van der Waals surface area contributed by atoms with Gasteiger partial charge in [-0.15, -0.1) is 0 Å². The van der Waals surface area contributed by atoms with Crippen molar-refractivity contribution in [3.05, 3.63) is 221 Å². The van der Waals surface area contributed by atoms with Gasteiger partial charge in [0.1, 0.15) is 17.3 Å². The van der Waals surface area contributed by atoms with Crippen molar-refractivity contribution < 1.29 is 4.74 Å². The Labute approximate surface area is 433 Å². The summed E-state index contributed by atoms with van der Waals surface area (Å²) in [6.07, 6.45) is 11.1. The summed E-state index contributed by atoms with van der Waals surface area (Å²) in [5, 5.41) is 2.34. The Hall–Kier alpha value is -7.51. The lowest BCUT2D eigenvalue weighted by atomic mass is 9.51. The molecule has 0 saturated carbocycles. The van der Waals surface area contributed by atoms with Gasteiger partial charge in [0.15, 0.2) is 0 Å². The second-order valence-corrected chi connectivity index (χ2v) is 24.3. The Kier molecular flexibility index (Phi) is 11.5. The first-order valence-corrected chi connectivity index (χ1v) is 26.0. The van der Waals surface area contributed by atoms with Crippen LogP contribution in [0.3, 0.4) is 0 Å². The lowest BCUT2D eigenvalue weighted by Gasteiger charge is -2.38. The quantitative estimate of drug-likeness (QED) is 0.149. The molecule has 0 amide bonds. The highest BCUT2D eigenvalue weighted by Gasteiger charge is 2.40. The standard InChI is InChI=1S/C66H68BN5O/c1-63(2,3)46-30-33-68-61(39-46)72-57-25-16-14-23-53(57)54-29-28-51(41-60(54)72)73-50-21-19-20-49(40-50)70-43-71(59-27-18-17-26-58(59)70)62-55(52-22-13-15-24-56(52)66(10,11)12)32-35-69-34-31-44(42-67(62)69)45-36-47(64(4,5)6)38-48(37-45)65(7,8)9/h13-42H,43H2,1-12H3. The molecule has 6 nitrogen and oxygen atoms in total. The number of fused-ring (bicyclic) bond motifs is 5. The molecule has 11 rings (SSSR count). The second-order valence-electron chi connectivity index (χ2n) is 24.3. The van der Waals surface area contributed by atoms with Gasteiger partial charge in [0, 0.05) is 40.4 Å². The van der Waals surface area contributed by atoms with Crippen LogP contribution in [0.25, 0.3) is 38.8 Å². The second kappa shape index (κ2) is 17.6. The van der Waals surface area contributed by atoms with Crippen LogP contribution < -0.4 is 14.5 Å². The number of pyridine rings is 1. The lowest BCUT2D eigenvalue weighted by Crippen LogP contribution is -2.44. The Morgan fingerprint density at radius 2 is 1.16 bits per heavy atom. The monoisotopic (exact) mass is 958 g/mol. The topological polar surface area (TPSA) is 36.8 Å². The van der Waals surface area contributed by atoms with Crippen LogP contribution in [-0.2, 0) is 21.7 Å². The van der Waals surface area contributed by atoms with E-state index in [4.69, 9.17) is 9.72 Å². The number of anilines is 3. The molecule has 5 heterocycles. The summed E-state index contributed by atoms with van der Waals surface area (Å²) in [5.41, 5.74) is 16.9. The van der Waals surface area contributed by atoms with Gasteiger partial charge < -0.3 is 19.3 Å². The number of allylic oxidation sites excluding steroid dienone is 4. The highest BCUT2D eigenvalue weighted by atomic mass is 16.5. The normalized spacial score (nSPS) is 15.2. The number of hydrogen-bond donors (Lipinski definition) is 0. The van der Waals surface area contributed by atoms with Crippen LogP contribution in [0.4, 0.5) is 17.1 Å². The number of para-hydroxylation sites is 3. The van der Waals surface area contributed by atoms with E-state index < -0.39 is 0 Å². The molecule has 73 heavy (non-hydrogen) atoms. The molecule has 8 aromatic rings. The van der Waals surface area contributed by atoms with Crippen LogP contribution in [0.2, 0.25) is 0 Å². The molecule has 366 valence electrons. The summed E-state index contributed by atoms with van der Waals surface area (Å²) in [6.45, 7) is 28.2. The fraction of sp³-hybridized carbons (Fsp3) is 0.258. The highest BCUT2D eigenvalue weighted by Crippen LogP contribution is 2.48. The zero-order valence-corrected chi connectivity index (χ0v) is 44.7. The number of rotatable bonds is 7. The Bertz CT molecular complexity index is 3570. The van der Waals surface area contributed by atoms with Crippen LogP contribution in [0.5, 0.6) is 11.5 Å². The summed E-state index contributed by atoms with van der Waals surface area (Å²) < 4.78 is 9.14. The molecule has 7 heteroatoms. The average Bonchev–Trinajstić information content (AvgIpc) is 3.91. The first-order chi connectivity index (χ1) is 34.7. The number of nitrogens with zero attached hydrogens (tertiary/aromatic N) is 5. The SMILES string of the molecule is CC(C)(C)c1cc(C2=CB3C(N4CN(c5cccc(Oc6ccc7c8ccccc8n(-c8cc(C(C)(C)C)ccn8)c7c6)c5)c5ccccc54)=C(c4ccccc4C(C)(C)C)C=CN3C=C2)cc(C(C)(C)C)c1. The van der Waals surface area contributed by atoms with Crippen LogP contribution in [0.15, 0.2) is 188 Å². The molecule has 6 aromatic carbocycles. The number of aromatic nitrogens is 2. The molecule has 0 radical (unpaired) electrons. The van der Waals surface area contributed by atoms with Gasteiger partial charge >= 0.3 is 6.85 Å². The number of hydrogen-bond acceptors (Lipinski definition) is 5. The maximum absolute atomic E-state index is 6.87. The highest BCUT2D eigenvalue weighted by molar-refractivity contribution is 6.73.